The second kappa shape index (κ2) is 5.28. The lowest BCUT2D eigenvalue weighted by Crippen LogP contribution is -2.20. The predicted molar refractivity (Wildman–Crippen MR) is 65.6 cm³/mol. The average Bonchev–Trinajstić information content (AvgIpc) is 2.78. The Kier molecular flexibility index (Phi) is 4.00. The van der Waals surface area contributed by atoms with Gasteiger partial charge in [0.05, 0.1) is 10.7 Å². The van der Waals surface area contributed by atoms with Gasteiger partial charge >= 0.3 is 0 Å². The molecule has 2 nitrogen and oxygen atoms in total. The van der Waals surface area contributed by atoms with Crippen molar-refractivity contribution in [1.29, 1.82) is 0 Å². The molecule has 1 aliphatic heterocycles. The maximum atomic E-state index is 5.76. The Balaban J connectivity index is 1.82. The van der Waals surface area contributed by atoms with E-state index in [2.05, 4.69) is 22.2 Å². The lowest BCUT2D eigenvalue weighted by Gasteiger charge is -2.13. The molecule has 0 aromatic carbocycles. The van der Waals surface area contributed by atoms with Crippen LogP contribution < -0.4 is 0 Å². The van der Waals surface area contributed by atoms with Crippen LogP contribution in [0.1, 0.15) is 23.5 Å². The summed E-state index contributed by atoms with van der Waals surface area (Å²) in [6, 6.07) is 0. The molecule has 0 bridgehead atoms. The molecule has 1 atom stereocenters. The number of aryl methyl sites for hydroxylation is 1. The van der Waals surface area contributed by atoms with E-state index in [4.69, 9.17) is 11.6 Å². The number of halogens is 1. The Morgan fingerprint density at radius 1 is 1.67 bits per heavy atom. The van der Waals surface area contributed by atoms with E-state index in [1.165, 1.54) is 30.2 Å². The molecule has 1 fully saturated rings. The summed E-state index contributed by atoms with van der Waals surface area (Å²) >= 11 is 7.50. The van der Waals surface area contributed by atoms with E-state index in [0.717, 1.165) is 24.8 Å². The fourth-order valence-electron chi connectivity index (χ4n) is 2.16. The Labute approximate surface area is 100 Å². The molecule has 4 heteroatoms. The summed E-state index contributed by atoms with van der Waals surface area (Å²) in [6.07, 6.45) is 2.46. The molecule has 15 heavy (non-hydrogen) atoms. The predicted octanol–water partition coefficient (Wildman–Crippen LogP) is 2.90. The second-order valence-electron chi connectivity index (χ2n) is 4.23. The lowest BCUT2D eigenvalue weighted by molar-refractivity contribution is 0.312. The van der Waals surface area contributed by atoms with Gasteiger partial charge in [0.2, 0.25) is 0 Å². The summed E-state index contributed by atoms with van der Waals surface area (Å²) in [6.45, 7) is 5.49. The zero-order chi connectivity index (χ0) is 10.7. The summed E-state index contributed by atoms with van der Waals surface area (Å²) in [7, 11) is 0. The molecule has 0 amide bonds. The van der Waals surface area contributed by atoms with Crippen molar-refractivity contribution in [3.63, 3.8) is 0 Å². The molecular formula is C11H17ClN2S. The number of thiazole rings is 1. The highest BCUT2D eigenvalue weighted by Crippen LogP contribution is 2.22. The Morgan fingerprint density at radius 2 is 2.53 bits per heavy atom. The van der Waals surface area contributed by atoms with Gasteiger partial charge in [-0.2, -0.15) is 0 Å². The summed E-state index contributed by atoms with van der Waals surface area (Å²) in [4.78, 5) is 6.99. The number of nitrogens with zero attached hydrogens (tertiary/aromatic N) is 2. The molecule has 1 aromatic heterocycles. The van der Waals surface area contributed by atoms with Crippen LogP contribution in [0.2, 0.25) is 0 Å². The van der Waals surface area contributed by atoms with Gasteiger partial charge in [0.1, 0.15) is 0 Å². The maximum absolute atomic E-state index is 5.76. The Bertz CT molecular complexity index is 313. The van der Waals surface area contributed by atoms with Gasteiger partial charge in [-0.05, 0) is 32.2 Å². The highest BCUT2D eigenvalue weighted by Gasteiger charge is 2.22. The van der Waals surface area contributed by atoms with Gasteiger partial charge in [-0.3, -0.25) is 4.90 Å². The van der Waals surface area contributed by atoms with Gasteiger partial charge in [0.15, 0.2) is 0 Å². The molecule has 2 heterocycles. The van der Waals surface area contributed by atoms with Crippen LogP contribution in [0.4, 0.5) is 0 Å². The van der Waals surface area contributed by atoms with Gasteiger partial charge in [-0.15, -0.1) is 22.9 Å². The van der Waals surface area contributed by atoms with Crippen molar-refractivity contribution in [3.05, 3.63) is 16.1 Å². The standard InChI is InChI=1S/C11H17ClN2S/c1-9-13-11(8-15-9)7-14-5-3-10(6-14)2-4-12/h8,10H,2-7H2,1H3. The van der Waals surface area contributed by atoms with Crippen molar-refractivity contribution < 1.29 is 0 Å². The minimum Gasteiger partial charge on any atom is -0.297 e. The quantitative estimate of drug-likeness (QED) is 0.758. The molecule has 0 radical (unpaired) electrons. The first-order chi connectivity index (χ1) is 7.28. The zero-order valence-electron chi connectivity index (χ0n) is 9.08. The van der Waals surface area contributed by atoms with E-state index in [1.54, 1.807) is 11.3 Å². The van der Waals surface area contributed by atoms with Crippen LogP contribution in [0.25, 0.3) is 0 Å². The first-order valence-corrected chi connectivity index (χ1v) is 6.88. The SMILES string of the molecule is Cc1nc(CN2CCC(CCCl)C2)cs1. The topological polar surface area (TPSA) is 16.1 Å². The van der Waals surface area contributed by atoms with Gasteiger partial charge < -0.3 is 0 Å². The summed E-state index contributed by atoms with van der Waals surface area (Å²) in [5, 5.41) is 3.34. The van der Waals surface area contributed by atoms with Gasteiger partial charge in [-0.25, -0.2) is 4.98 Å². The Morgan fingerprint density at radius 3 is 3.20 bits per heavy atom. The number of likely N-dealkylation sites (tertiary alicyclic amines) is 1. The fraction of sp³-hybridized carbons (Fsp3) is 0.727. The largest absolute Gasteiger partial charge is 0.297 e. The van der Waals surface area contributed by atoms with E-state index in [9.17, 15) is 0 Å². The molecule has 0 spiro atoms. The lowest BCUT2D eigenvalue weighted by atomic mass is 10.1. The van der Waals surface area contributed by atoms with Gasteiger partial charge in [-0.1, -0.05) is 0 Å². The number of alkyl halides is 1. The van der Waals surface area contributed by atoms with Crippen LogP contribution in [0, 0.1) is 12.8 Å². The second-order valence-corrected chi connectivity index (χ2v) is 5.67. The van der Waals surface area contributed by atoms with Gasteiger partial charge in [0, 0.05) is 24.3 Å². The Hall–Kier alpha value is -0.120. The van der Waals surface area contributed by atoms with Crippen LogP contribution >= 0.6 is 22.9 Å². The molecule has 1 aromatic rings. The third kappa shape index (κ3) is 3.16. The van der Waals surface area contributed by atoms with Crippen molar-refractivity contribution in [2.45, 2.75) is 26.3 Å². The monoisotopic (exact) mass is 244 g/mol. The third-order valence-corrected chi connectivity index (χ3v) is 3.98. The summed E-state index contributed by atoms with van der Waals surface area (Å²) in [5.41, 5.74) is 1.23. The van der Waals surface area contributed by atoms with Crippen LogP contribution in [-0.4, -0.2) is 28.9 Å². The first-order valence-electron chi connectivity index (χ1n) is 5.47. The molecule has 84 valence electrons. The molecule has 1 saturated heterocycles. The van der Waals surface area contributed by atoms with Crippen molar-refractivity contribution in [3.8, 4) is 0 Å². The molecule has 1 unspecified atom stereocenters. The van der Waals surface area contributed by atoms with Crippen molar-refractivity contribution >= 4 is 22.9 Å². The fourth-order valence-corrected chi connectivity index (χ4v) is 3.07. The third-order valence-electron chi connectivity index (χ3n) is 2.94. The summed E-state index contributed by atoms with van der Waals surface area (Å²) < 4.78 is 0. The highest BCUT2D eigenvalue weighted by molar-refractivity contribution is 7.09. The van der Waals surface area contributed by atoms with Gasteiger partial charge in [0.25, 0.3) is 0 Å². The number of hydrogen-bond acceptors (Lipinski definition) is 3. The molecular weight excluding hydrogens is 228 g/mol. The van der Waals surface area contributed by atoms with E-state index in [0.29, 0.717) is 0 Å². The number of rotatable bonds is 4. The summed E-state index contributed by atoms with van der Waals surface area (Å²) in [5.74, 6) is 1.61. The van der Waals surface area contributed by atoms with Crippen LogP contribution in [0.3, 0.4) is 0 Å². The highest BCUT2D eigenvalue weighted by atomic mass is 35.5. The van der Waals surface area contributed by atoms with E-state index >= 15 is 0 Å². The van der Waals surface area contributed by atoms with E-state index in [-0.39, 0.29) is 0 Å². The zero-order valence-corrected chi connectivity index (χ0v) is 10.7. The first kappa shape index (κ1) is 11.4. The van der Waals surface area contributed by atoms with Crippen LogP contribution in [0.15, 0.2) is 5.38 Å². The van der Waals surface area contributed by atoms with Crippen molar-refractivity contribution in [2.24, 2.45) is 5.92 Å². The average molecular weight is 245 g/mol. The van der Waals surface area contributed by atoms with Crippen LogP contribution in [0.5, 0.6) is 0 Å². The smallest absolute Gasteiger partial charge is 0.0897 e. The van der Waals surface area contributed by atoms with Crippen molar-refractivity contribution in [2.75, 3.05) is 19.0 Å². The molecule has 0 N–H and O–H groups in total. The minimum absolute atomic E-state index is 0.800. The minimum atomic E-state index is 0.800. The molecule has 0 saturated carbocycles. The normalized spacial score (nSPS) is 22.4. The molecule has 2 rings (SSSR count). The number of hydrogen-bond donors (Lipinski definition) is 0. The van der Waals surface area contributed by atoms with E-state index in [1.807, 2.05) is 0 Å². The maximum Gasteiger partial charge on any atom is 0.0897 e. The number of aromatic nitrogens is 1. The van der Waals surface area contributed by atoms with E-state index < -0.39 is 0 Å². The van der Waals surface area contributed by atoms with Crippen LogP contribution in [-0.2, 0) is 6.54 Å². The molecule has 0 aliphatic carbocycles. The van der Waals surface area contributed by atoms with Crippen molar-refractivity contribution in [1.82, 2.24) is 9.88 Å². The molecule has 1 aliphatic rings.